The summed E-state index contributed by atoms with van der Waals surface area (Å²) in [6.45, 7) is 11.5. The first kappa shape index (κ1) is 6.48. The number of hydrogen-bond donors (Lipinski definition) is 0. The van der Waals surface area contributed by atoms with Crippen LogP contribution in [0.25, 0.3) is 0 Å². The summed E-state index contributed by atoms with van der Waals surface area (Å²) in [4.78, 5) is 0. The molecule has 0 heteroatoms. The van der Waals surface area contributed by atoms with Gasteiger partial charge in [0.15, 0.2) is 0 Å². The molecule has 40 valence electrons. The summed E-state index contributed by atoms with van der Waals surface area (Å²) in [7, 11) is 0. The molecular formula is C7H12. The van der Waals surface area contributed by atoms with Crippen LogP contribution >= 0.6 is 0 Å². The quantitative estimate of drug-likeness (QED) is 0.463. The highest BCUT2D eigenvalue weighted by Crippen LogP contribution is 2.02. The van der Waals surface area contributed by atoms with Crippen LogP contribution in [0.4, 0.5) is 0 Å². The van der Waals surface area contributed by atoms with Crippen molar-refractivity contribution in [3.63, 3.8) is 0 Å². The molecule has 0 bridgehead atoms. The van der Waals surface area contributed by atoms with Crippen molar-refractivity contribution in [2.24, 2.45) is 0 Å². The highest BCUT2D eigenvalue weighted by molar-refractivity contribution is 5.03. The Balaban J connectivity index is 3.32. The number of hydrogen-bond acceptors (Lipinski definition) is 0. The van der Waals surface area contributed by atoms with Crippen LogP contribution in [0, 0.1) is 0 Å². The first-order chi connectivity index (χ1) is 3.13. The second kappa shape index (κ2) is 2.62. The lowest BCUT2D eigenvalue weighted by Crippen LogP contribution is -1.72. The molecule has 0 aliphatic rings. The fourth-order valence-electron chi connectivity index (χ4n) is 0.515. The van der Waals surface area contributed by atoms with Gasteiger partial charge in [-0.05, 0) is 20.3 Å². The summed E-state index contributed by atoms with van der Waals surface area (Å²) >= 11 is 0. The summed E-state index contributed by atoms with van der Waals surface area (Å²) in [6, 6.07) is 0. The normalized spacial score (nSPS) is 8.29. The third-order valence-electron chi connectivity index (χ3n) is 0.604. The second-order valence-corrected chi connectivity index (χ2v) is 2.09. The van der Waals surface area contributed by atoms with Crippen LogP contribution in [-0.2, 0) is 0 Å². The lowest BCUT2D eigenvalue weighted by molar-refractivity contribution is 1.13. The van der Waals surface area contributed by atoms with Crippen LogP contribution < -0.4 is 0 Å². The molecule has 0 aliphatic carbocycles. The highest BCUT2D eigenvalue weighted by Gasteiger charge is 1.82. The summed E-state index contributed by atoms with van der Waals surface area (Å²) in [6.07, 6.45) is 0.972. The summed E-state index contributed by atoms with van der Waals surface area (Å²) in [5.41, 5.74) is 2.38. The fraction of sp³-hybridized carbons (Fsp3) is 0.429. The summed E-state index contributed by atoms with van der Waals surface area (Å²) in [5, 5.41) is 0. The van der Waals surface area contributed by atoms with Gasteiger partial charge in [-0.1, -0.05) is 24.3 Å². The summed E-state index contributed by atoms with van der Waals surface area (Å²) < 4.78 is 0. The molecule has 0 atom stereocenters. The van der Waals surface area contributed by atoms with Gasteiger partial charge in [0.2, 0.25) is 0 Å². The third kappa shape index (κ3) is 5.48. The van der Waals surface area contributed by atoms with E-state index in [0.717, 1.165) is 6.42 Å². The Morgan fingerprint density at radius 1 is 1.14 bits per heavy atom. The average Bonchev–Trinajstić information content (AvgIpc) is 1.27. The first-order valence-electron chi connectivity index (χ1n) is 2.41. The van der Waals surface area contributed by atoms with Crippen molar-refractivity contribution in [1.29, 1.82) is 0 Å². The van der Waals surface area contributed by atoms with E-state index in [-0.39, 0.29) is 0 Å². The van der Waals surface area contributed by atoms with Gasteiger partial charge in [0.25, 0.3) is 0 Å². The van der Waals surface area contributed by atoms with E-state index >= 15 is 0 Å². The van der Waals surface area contributed by atoms with E-state index in [1.807, 2.05) is 13.8 Å². The smallest absolute Gasteiger partial charge is 0.0119 e. The Bertz CT molecular complexity index is 76.2. The van der Waals surface area contributed by atoms with E-state index in [1.54, 1.807) is 0 Å². The molecule has 0 fully saturated rings. The molecule has 0 aromatic heterocycles. The monoisotopic (exact) mass is 96.1 g/mol. The molecule has 0 rings (SSSR count). The largest absolute Gasteiger partial charge is 0.0998 e. The lowest BCUT2D eigenvalue weighted by Gasteiger charge is -1.93. The van der Waals surface area contributed by atoms with Gasteiger partial charge in [0, 0.05) is 0 Å². The zero-order valence-corrected chi connectivity index (χ0v) is 5.12. The van der Waals surface area contributed by atoms with E-state index in [0.29, 0.717) is 0 Å². The highest BCUT2D eigenvalue weighted by atomic mass is 13.9. The minimum Gasteiger partial charge on any atom is -0.0998 e. The van der Waals surface area contributed by atoms with Crippen LogP contribution in [0.2, 0.25) is 0 Å². The molecule has 0 nitrogen and oxygen atoms in total. The molecule has 7 heavy (non-hydrogen) atoms. The third-order valence-corrected chi connectivity index (χ3v) is 0.604. The molecule has 0 saturated carbocycles. The van der Waals surface area contributed by atoms with Gasteiger partial charge in [-0.3, -0.25) is 0 Å². The minimum absolute atomic E-state index is 0.972. The predicted molar refractivity (Wildman–Crippen MR) is 34.2 cm³/mol. The maximum Gasteiger partial charge on any atom is -0.0119 e. The summed E-state index contributed by atoms with van der Waals surface area (Å²) in [5.74, 6) is 0. The van der Waals surface area contributed by atoms with Gasteiger partial charge >= 0.3 is 0 Å². The van der Waals surface area contributed by atoms with Gasteiger partial charge in [-0.25, -0.2) is 0 Å². The molecule has 0 spiro atoms. The van der Waals surface area contributed by atoms with Crippen molar-refractivity contribution in [1.82, 2.24) is 0 Å². The van der Waals surface area contributed by atoms with Crippen molar-refractivity contribution in [2.45, 2.75) is 20.3 Å². The van der Waals surface area contributed by atoms with Gasteiger partial charge in [-0.2, -0.15) is 0 Å². The Labute approximate surface area is 45.5 Å². The van der Waals surface area contributed by atoms with Crippen molar-refractivity contribution in [3.8, 4) is 0 Å². The lowest BCUT2D eigenvalue weighted by atomic mass is 10.1. The van der Waals surface area contributed by atoms with E-state index in [2.05, 4.69) is 13.2 Å². The van der Waals surface area contributed by atoms with Crippen molar-refractivity contribution >= 4 is 0 Å². The molecule has 0 amide bonds. The number of allylic oxidation sites excluding steroid dienone is 2. The Hall–Kier alpha value is -0.520. The topological polar surface area (TPSA) is 0 Å². The van der Waals surface area contributed by atoms with Crippen molar-refractivity contribution in [3.05, 3.63) is 24.3 Å². The molecule has 0 N–H and O–H groups in total. The Morgan fingerprint density at radius 2 is 1.43 bits per heavy atom. The van der Waals surface area contributed by atoms with Crippen LogP contribution in [0.15, 0.2) is 24.3 Å². The predicted octanol–water partition coefficient (Wildman–Crippen LogP) is 2.53. The molecular weight excluding hydrogens is 84.1 g/mol. The van der Waals surface area contributed by atoms with E-state index < -0.39 is 0 Å². The van der Waals surface area contributed by atoms with Crippen LogP contribution in [0.3, 0.4) is 0 Å². The Morgan fingerprint density at radius 3 is 1.43 bits per heavy atom. The SMILES string of the molecule is C=C(C)CC(=C)C. The molecule has 0 aromatic rings. The van der Waals surface area contributed by atoms with Gasteiger partial charge < -0.3 is 0 Å². The molecule has 0 unspecified atom stereocenters. The molecule has 0 radical (unpaired) electrons. The van der Waals surface area contributed by atoms with Crippen LogP contribution in [0.5, 0.6) is 0 Å². The van der Waals surface area contributed by atoms with E-state index in [4.69, 9.17) is 0 Å². The van der Waals surface area contributed by atoms with Gasteiger partial charge in [-0.15, -0.1) is 0 Å². The zero-order chi connectivity index (χ0) is 5.86. The minimum atomic E-state index is 0.972. The van der Waals surface area contributed by atoms with Crippen molar-refractivity contribution in [2.75, 3.05) is 0 Å². The van der Waals surface area contributed by atoms with E-state index in [9.17, 15) is 0 Å². The van der Waals surface area contributed by atoms with Gasteiger partial charge in [0.05, 0.1) is 0 Å². The molecule has 0 aromatic carbocycles. The van der Waals surface area contributed by atoms with Crippen LogP contribution in [-0.4, -0.2) is 0 Å². The van der Waals surface area contributed by atoms with Crippen LogP contribution in [0.1, 0.15) is 20.3 Å². The Kier molecular flexibility index (Phi) is 2.42. The fourth-order valence-corrected chi connectivity index (χ4v) is 0.515. The van der Waals surface area contributed by atoms with Crippen molar-refractivity contribution < 1.29 is 0 Å². The van der Waals surface area contributed by atoms with Gasteiger partial charge in [0.1, 0.15) is 0 Å². The zero-order valence-electron chi connectivity index (χ0n) is 5.12. The first-order valence-corrected chi connectivity index (χ1v) is 2.41. The number of rotatable bonds is 2. The average molecular weight is 96.2 g/mol. The molecule has 0 heterocycles. The molecule has 0 aliphatic heterocycles. The standard InChI is InChI=1S/C7H12/c1-6(2)5-7(3)4/h1,3,5H2,2,4H3. The maximum absolute atomic E-state index is 3.73. The van der Waals surface area contributed by atoms with E-state index in [1.165, 1.54) is 11.1 Å². The second-order valence-electron chi connectivity index (χ2n) is 2.09. The maximum atomic E-state index is 3.73. The molecule has 0 saturated heterocycles.